The minimum Gasteiger partial charge on any atom is -0.381 e. The van der Waals surface area contributed by atoms with Gasteiger partial charge in [-0.25, -0.2) is 4.39 Å². The van der Waals surface area contributed by atoms with Gasteiger partial charge in [-0.3, -0.25) is 4.79 Å². The lowest BCUT2D eigenvalue weighted by atomic mass is 9.74. The Balaban J connectivity index is 1.83. The molecule has 1 amide bonds. The van der Waals surface area contributed by atoms with E-state index in [0.717, 1.165) is 11.6 Å². The van der Waals surface area contributed by atoms with E-state index in [-0.39, 0.29) is 12.1 Å². The average molecular weight is 416 g/mol. The lowest BCUT2D eigenvalue weighted by molar-refractivity contribution is -0.140. The van der Waals surface area contributed by atoms with Gasteiger partial charge in [0.2, 0.25) is 0 Å². The summed E-state index contributed by atoms with van der Waals surface area (Å²) in [4.78, 5) is 12.5. The van der Waals surface area contributed by atoms with Gasteiger partial charge in [-0.1, -0.05) is 29.8 Å². The highest BCUT2D eigenvalue weighted by molar-refractivity contribution is 6.31. The first-order valence-corrected chi connectivity index (χ1v) is 9.08. The first-order valence-electron chi connectivity index (χ1n) is 8.71. The molecule has 0 saturated carbocycles. The highest BCUT2D eigenvalue weighted by Gasteiger charge is 2.37. The molecule has 1 aliphatic rings. The molecule has 3 rings (SSSR count). The lowest BCUT2D eigenvalue weighted by Gasteiger charge is -2.38. The number of carbonyl (C=O) groups excluding carboxylic acids is 1. The van der Waals surface area contributed by atoms with E-state index >= 15 is 0 Å². The summed E-state index contributed by atoms with van der Waals surface area (Å²) in [5.74, 6) is -2.12. The molecular weight excluding hydrogens is 398 g/mol. The number of rotatable bonds is 4. The van der Waals surface area contributed by atoms with E-state index in [1.165, 1.54) is 0 Å². The SMILES string of the molecule is O=C(NCC1(c2ccccc2Cl)CCOCC1)c1ccc(F)c(C(F)(F)F)c1. The van der Waals surface area contributed by atoms with Gasteiger partial charge < -0.3 is 10.1 Å². The van der Waals surface area contributed by atoms with E-state index in [1.807, 2.05) is 12.1 Å². The number of benzene rings is 2. The fourth-order valence-electron chi connectivity index (χ4n) is 3.43. The quantitative estimate of drug-likeness (QED) is 0.715. The van der Waals surface area contributed by atoms with Crippen molar-refractivity contribution >= 4 is 17.5 Å². The summed E-state index contributed by atoms with van der Waals surface area (Å²) in [7, 11) is 0. The molecule has 0 radical (unpaired) electrons. The second-order valence-electron chi connectivity index (χ2n) is 6.75. The van der Waals surface area contributed by atoms with Crippen LogP contribution in [0.25, 0.3) is 0 Å². The third-order valence-electron chi connectivity index (χ3n) is 5.02. The fraction of sp³-hybridized carbons (Fsp3) is 0.350. The monoisotopic (exact) mass is 415 g/mol. The van der Waals surface area contributed by atoms with Gasteiger partial charge in [0, 0.05) is 35.8 Å². The maximum absolute atomic E-state index is 13.5. The minimum absolute atomic E-state index is 0.178. The van der Waals surface area contributed by atoms with Crippen LogP contribution in [0.15, 0.2) is 42.5 Å². The zero-order chi connectivity index (χ0) is 20.4. The van der Waals surface area contributed by atoms with Crippen LogP contribution in [0.1, 0.15) is 34.3 Å². The molecule has 0 aliphatic carbocycles. The number of hydrogen-bond acceptors (Lipinski definition) is 2. The van der Waals surface area contributed by atoms with Crippen molar-refractivity contribution < 1.29 is 27.1 Å². The Labute approximate surface area is 164 Å². The van der Waals surface area contributed by atoms with Gasteiger partial charge in [0.25, 0.3) is 5.91 Å². The summed E-state index contributed by atoms with van der Waals surface area (Å²) in [6.07, 6.45) is -3.66. The Bertz CT molecular complexity index is 864. The molecule has 1 saturated heterocycles. The van der Waals surface area contributed by atoms with Crippen molar-refractivity contribution in [1.82, 2.24) is 5.32 Å². The van der Waals surface area contributed by atoms with Crippen LogP contribution in [0.5, 0.6) is 0 Å². The van der Waals surface area contributed by atoms with Crippen LogP contribution in [0.3, 0.4) is 0 Å². The predicted octanol–water partition coefficient (Wildman–Crippen LogP) is 4.98. The van der Waals surface area contributed by atoms with Gasteiger partial charge in [0.05, 0.1) is 5.56 Å². The molecule has 0 atom stereocenters. The molecule has 8 heteroatoms. The van der Waals surface area contributed by atoms with Gasteiger partial charge in [-0.15, -0.1) is 0 Å². The van der Waals surface area contributed by atoms with Crippen molar-refractivity contribution in [3.63, 3.8) is 0 Å². The second kappa shape index (κ2) is 8.09. The third-order valence-corrected chi connectivity index (χ3v) is 5.35. The minimum atomic E-state index is -4.88. The highest BCUT2D eigenvalue weighted by Crippen LogP contribution is 2.38. The van der Waals surface area contributed by atoms with Crippen LogP contribution in [-0.4, -0.2) is 25.7 Å². The van der Waals surface area contributed by atoms with Crippen LogP contribution in [0, 0.1) is 5.82 Å². The maximum Gasteiger partial charge on any atom is 0.419 e. The van der Waals surface area contributed by atoms with Gasteiger partial charge >= 0.3 is 6.18 Å². The van der Waals surface area contributed by atoms with Crippen molar-refractivity contribution in [1.29, 1.82) is 0 Å². The molecule has 3 nitrogen and oxygen atoms in total. The molecule has 1 aliphatic heterocycles. The lowest BCUT2D eigenvalue weighted by Crippen LogP contribution is -2.44. The van der Waals surface area contributed by atoms with Gasteiger partial charge in [0.1, 0.15) is 5.82 Å². The molecule has 150 valence electrons. The number of carbonyl (C=O) groups is 1. The standard InChI is InChI=1S/C20H18ClF4NO2/c21-16-4-2-1-3-14(16)19(7-9-28-10-8-19)12-26-18(27)13-5-6-17(22)15(11-13)20(23,24)25/h1-6,11H,7-10,12H2,(H,26,27). The number of halogens is 5. The third kappa shape index (κ3) is 4.31. The Morgan fingerprint density at radius 1 is 1.14 bits per heavy atom. The average Bonchev–Trinajstić information content (AvgIpc) is 2.66. The molecular formula is C20H18ClF4NO2. The molecule has 28 heavy (non-hydrogen) atoms. The van der Waals surface area contributed by atoms with E-state index in [2.05, 4.69) is 5.32 Å². The molecule has 2 aromatic rings. The summed E-state index contributed by atoms with van der Waals surface area (Å²) in [5.41, 5.74) is -1.35. The Morgan fingerprint density at radius 2 is 1.82 bits per heavy atom. The van der Waals surface area contributed by atoms with E-state index in [9.17, 15) is 22.4 Å². The zero-order valence-electron chi connectivity index (χ0n) is 14.8. The summed E-state index contributed by atoms with van der Waals surface area (Å²) >= 11 is 6.35. The van der Waals surface area contributed by atoms with Crippen LogP contribution in [0.4, 0.5) is 17.6 Å². The van der Waals surface area contributed by atoms with Gasteiger partial charge in [0.15, 0.2) is 0 Å². The Morgan fingerprint density at radius 3 is 2.46 bits per heavy atom. The fourth-order valence-corrected chi connectivity index (χ4v) is 3.77. The normalized spacial score (nSPS) is 16.6. The van der Waals surface area contributed by atoms with E-state index in [4.69, 9.17) is 16.3 Å². The summed E-state index contributed by atoms with van der Waals surface area (Å²) in [6.45, 7) is 1.14. The molecule has 0 bridgehead atoms. The van der Waals surface area contributed by atoms with E-state index < -0.39 is 28.9 Å². The number of alkyl halides is 3. The van der Waals surface area contributed by atoms with Crippen molar-refractivity contribution in [3.8, 4) is 0 Å². The van der Waals surface area contributed by atoms with Crippen molar-refractivity contribution in [2.75, 3.05) is 19.8 Å². The highest BCUT2D eigenvalue weighted by atomic mass is 35.5. The Kier molecular flexibility index (Phi) is 5.95. The predicted molar refractivity (Wildman–Crippen MR) is 96.9 cm³/mol. The van der Waals surface area contributed by atoms with Crippen molar-refractivity contribution in [2.45, 2.75) is 24.4 Å². The van der Waals surface area contributed by atoms with E-state index in [0.29, 0.717) is 43.2 Å². The van der Waals surface area contributed by atoms with Gasteiger partial charge in [-0.2, -0.15) is 13.2 Å². The maximum atomic E-state index is 13.5. The zero-order valence-corrected chi connectivity index (χ0v) is 15.5. The molecule has 1 heterocycles. The van der Waals surface area contributed by atoms with Crippen LogP contribution >= 0.6 is 11.6 Å². The van der Waals surface area contributed by atoms with Crippen LogP contribution in [-0.2, 0) is 16.3 Å². The molecule has 0 spiro atoms. The molecule has 1 fully saturated rings. The van der Waals surface area contributed by atoms with Crippen molar-refractivity contribution in [3.05, 3.63) is 70.0 Å². The molecule has 2 aromatic carbocycles. The summed E-state index contributed by atoms with van der Waals surface area (Å²) < 4.78 is 57.6. The number of amides is 1. The topological polar surface area (TPSA) is 38.3 Å². The molecule has 1 N–H and O–H groups in total. The van der Waals surface area contributed by atoms with Crippen molar-refractivity contribution in [2.24, 2.45) is 0 Å². The smallest absolute Gasteiger partial charge is 0.381 e. The number of hydrogen-bond donors (Lipinski definition) is 1. The Hall–Kier alpha value is -2.12. The summed E-state index contributed by atoms with van der Waals surface area (Å²) in [6, 6.07) is 9.48. The second-order valence-corrected chi connectivity index (χ2v) is 7.15. The van der Waals surface area contributed by atoms with Gasteiger partial charge in [-0.05, 0) is 42.7 Å². The molecule has 0 aromatic heterocycles. The largest absolute Gasteiger partial charge is 0.419 e. The number of ether oxygens (including phenoxy) is 1. The first-order chi connectivity index (χ1) is 13.2. The molecule has 0 unspecified atom stereocenters. The number of nitrogens with one attached hydrogen (secondary N) is 1. The van der Waals surface area contributed by atoms with E-state index in [1.54, 1.807) is 12.1 Å². The van der Waals surface area contributed by atoms with Crippen LogP contribution in [0.2, 0.25) is 5.02 Å². The van der Waals surface area contributed by atoms with Crippen LogP contribution < -0.4 is 5.32 Å². The summed E-state index contributed by atoms with van der Waals surface area (Å²) in [5, 5.41) is 3.25. The first kappa shape index (κ1) is 20.6.